The van der Waals surface area contributed by atoms with Crippen molar-refractivity contribution in [1.82, 2.24) is 20.5 Å². The van der Waals surface area contributed by atoms with Crippen LogP contribution in [0.25, 0.3) is 0 Å². The first-order valence-electron chi connectivity index (χ1n) is 9.02. The number of aromatic nitrogens is 1. The molecule has 1 heterocycles. The number of aliphatic imine (C=N–C) groups is 1. The van der Waals surface area contributed by atoms with Crippen LogP contribution in [-0.2, 0) is 11.3 Å². The number of hydrogen-bond acceptors (Lipinski definition) is 4. The molecule has 0 aromatic carbocycles. The van der Waals surface area contributed by atoms with Crippen LogP contribution in [0, 0.1) is 0 Å². The van der Waals surface area contributed by atoms with Gasteiger partial charge in [0.05, 0.1) is 13.2 Å². The first-order chi connectivity index (χ1) is 12.1. The summed E-state index contributed by atoms with van der Waals surface area (Å²) in [7, 11) is 0. The van der Waals surface area contributed by atoms with E-state index in [1.54, 1.807) is 6.20 Å². The van der Waals surface area contributed by atoms with Gasteiger partial charge in [-0.1, -0.05) is 0 Å². The number of amides is 1. The van der Waals surface area contributed by atoms with E-state index in [9.17, 15) is 4.79 Å². The van der Waals surface area contributed by atoms with Crippen LogP contribution in [0.15, 0.2) is 23.3 Å². The van der Waals surface area contributed by atoms with E-state index in [2.05, 4.69) is 20.6 Å². The first kappa shape index (κ1) is 20.7. The predicted molar refractivity (Wildman–Crippen MR) is 101 cm³/mol. The second-order valence-corrected chi connectivity index (χ2v) is 5.37. The molecular formula is C18H31N5O2. The smallest absolute Gasteiger partial charge is 0.224 e. The fourth-order valence-electron chi connectivity index (χ4n) is 2.31. The van der Waals surface area contributed by atoms with Gasteiger partial charge in [0.2, 0.25) is 11.8 Å². The molecule has 0 saturated carbocycles. The van der Waals surface area contributed by atoms with E-state index < -0.39 is 0 Å². The summed E-state index contributed by atoms with van der Waals surface area (Å²) in [5.74, 6) is 1.46. The molecule has 1 aromatic heterocycles. The lowest BCUT2D eigenvalue weighted by Gasteiger charge is -2.19. The van der Waals surface area contributed by atoms with Gasteiger partial charge >= 0.3 is 0 Å². The van der Waals surface area contributed by atoms with E-state index >= 15 is 0 Å². The van der Waals surface area contributed by atoms with E-state index in [-0.39, 0.29) is 5.91 Å². The molecule has 1 aromatic rings. The van der Waals surface area contributed by atoms with Crippen LogP contribution in [0.4, 0.5) is 0 Å². The maximum atomic E-state index is 12.0. The molecule has 7 nitrogen and oxygen atoms in total. The van der Waals surface area contributed by atoms with Crippen LogP contribution < -0.4 is 15.4 Å². The molecule has 0 aliphatic heterocycles. The number of pyridine rings is 1. The van der Waals surface area contributed by atoms with Gasteiger partial charge in [0.25, 0.3) is 0 Å². The van der Waals surface area contributed by atoms with Gasteiger partial charge in [0, 0.05) is 44.9 Å². The molecule has 140 valence electrons. The summed E-state index contributed by atoms with van der Waals surface area (Å²) < 4.78 is 5.40. The number of carbonyl (C=O) groups excluding carboxylic acids is 1. The Hall–Kier alpha value is -2.31. The summed E-state index contributed by atoms with van der Waals surface area (Å²) in [6.45, 7) is 11.8. The molecule has 1 rings (SSSR count). The standard InChI is InChI=1S/C18H31N5O2/c1-5-19-18(21-12-10-17(24)23(6-2)7-3)22-14-15-9-11-20-16(13-15)25-8-4/h9,11,13H,5-8,10,12,14H2,1-4H3,(H2,19,21,22). The Morgan fingerprint density at radius 2 is 2.00 bits per heavy atom. The van der Waals surface area contributed by atoms with Crippen molar-refractivity contribution in [2.45, 2.75) is 40.7 Å². The van der Waals surface area contributed by atoms with Crippen LogP contribution in [0.3, 0.4) is 0 Å². The molecule has 0 aliphatic rings. The number of ether oxygens (including phenoxy) is 1. The Labute approximate surface area is 150 Å². The lowest BCUT2D eigenvalue weighted by molar-refractivity contribution is -0.130. The van der Waals surface area contributed by atoms with E-state index in [1.165, 1.54) is 0 Å². The van der Waals surface area contributed by atoms with Crippen molar-refractivity contribution in [1.29, 1.82) is 0 Å². The number of carbonyl (C=O) groups is 1. The van der Waals surface area contributed by atoms with Gasteiger partial charge in [0.15, 0.2) is 5.96 Å². The highest BCUT2D eigenvalue weighted by molar-refractivity contribution is 5.81. The minimum absolute atomic E-state index is 0.156. The third-order valence-electron chi connectivity index (χ3n) is 3.60. The van der Waals surface area contributed by atoms with Crippen LogP contribution in [0.1, 0.15) is 39.7 Å². The normalized spacial score (nSPS) is 11.1. The van der Waals surface area contributed by atoms with Crippen LogP contribution in [0.5, 0.6) is 5.88 Å². The van der Waals surface area contributed by atoms with Crippen LogP contribution >= 0.6 is 0 Å². The Morgan fingerprint density at radius 3 is 2.64 bits per heavy atom. The molecule has 0 fully saturated rings. The number of guanidine groups is 1. The summed E-state index contributed by atoms with van der Waals surface area (Å²) in [5, 5.41) is 6.40. The summed E-state index contributed by atoms with van der Waals surface area (Å²) in [6, 6.07) is 3.81. The summed E-state index contributed by atoms with van der Waals surface area (Å²) in [4.78, 5) is 22.6. The molecule has 0 unspecified atom stereocenters. The van der Waals surface area contributed by atoms with Gasteiger partial charge in [-0.15, -0.1) is 0 Å². The fraction of sp³-hybridized carbons (Fsp3) is 0.611. The quantitative estimate of drug-likeness (QED) is 0.497. The maximum absolute atomic E-state index is 12.0. The van der Waals surface area contributed by atoms with E-state index in [1.807, 2.05) is 44.7 Å². The molecule has 25 heavy (non-hydrogen) atoms. The van der Waals surface area contributed by atoms with Crippen molar-refractivity contribution in [3.05, 3.63) is 23.9 Å². The number of hydrogen-bond donors (Lipinski definition) is 2. The van der Waals surface area contributed by atoms with Crippen LogP contribution in [-0.4, -0.2) is 54.5 Å². The molecule has 0 atom stereocenters. The SMILES string of the molecule is CCNC(=NCc1ccnc(OCC)c1)NCCC(=O)N(CC)CC. The molecule has 1 amide bonds. The van der Waals surface area contributed by atoms with Crippen molar-refractivity contribution < 1.29 is 9.53 Å². The average Bonchev–Trinajstić information content (AvgIpc) is 2.61. The van der Waals surface area contributed by atoms with Gasteiger partial charge < -0.3 is 20.3 Å². The Balaban J connectivity index is 2.56. The molecule has 2 N–H and O–H groups in total. The average molecular weight is 349 g/mol. The van der Waals surface area contributed by atoms with Gasteiger partial charge in [-0.05, 0) is 39.3 Å². The number of rotatable bonds is 10. The Bertz CT molecular complexity index is 544. The summed E-state index contributed by atoms with van der Waals surface area (Å²) >= 11 is 0. The highest BCUT2D eigenvalue weighted by atomic mass is 16.5. The van der Waals surface area contributed by atoms with Crippen molar-refractivity contribution >= 4 is 11.9 Å². The zero-order chi connectivity index (χ0) is 18.5. The topological polar surface area (TPSA) is 78.9 Å². The molecule has 0 bridgehead atoms. The lowest BCUT2D eigenvalue weighted by atomic mass is 10.3. The zero-order valence-corrected chi connectivity index (χ0v) is 15.8. The van der Waals surface area contributed by atoms with E-state index in [4.69, 9.17) is 4.74 Å². The number of nitrogens with one attached hydrogen (secondary N) is 2. The molecule has 0 saturated heterocycles. The van der Waals surface area contributed by atoms with Gasteiger partial charge in [-0.25, -0.2) is 9.98 Å². The fourth-order valence-corrected chi connectivity index (χ4v) is 2.31. The maximum Gasteiger partial charge on any atom is 0.224 e. The number of nitrogens with zero attached hydrogens (tertiary/aromatic N) is 3. The second kappa shape index (κ2) is 12.1. The van der Waals surface area contributed by atoms with Crippen LogP contribution in [0.2, 0.25) is 0 Å². The second-order valence-electron chi connectivity index (χ2n) is 5.37. The summed E-state index contributed by atoms with van der Waals surface area (Å²) in [6.07, 6.45) is 2.18. The Morgan fingerprint density at radius 1 is 1.24 bits per heavy atom. The van der Waals surface area contributed by atoms with Crippen molar-refractivity contribution in [2.24, 2.45) is 4.99 Å². The largest absolute Gasteiger partial charge is 0.478 e. The highest BCUT2D eigenvalue weighted by Crippen LogP contribution is 2.10. The molecular weight excluding hydrogens is 318 g/mol. The monoisotopic (exact) mass is 349 g/mol. The molecule has 0 aliphatic carbocycles. The summed E-state index contributed by atoms with van der Waals surface area (Å²) in [5.41, 5.74) is 1.02. The highest BCUT2D eigenvalue weighted by Gasteiger charge is 2.09. The molecule has 0 spiro atoms. The minimum atomic E-state index is 0.156. The van der Waals surface area contributed by atoms with Crippen molar-refractivity contribution in [2.75, 3.05) is 32.8 Å². The van der Waals surface area contributed by atoms with E-state index in [0.29, 0.717) is 38.0 Å². The molecule has 7 heteroatoms. The zero-order valence-electron chi connectivity index (χ0n) is 15.8. The Kier molecular flexibility index (Phi) is 10.0. The first-order valence-corrected chi connectivity index (χ1v) is 9.02. The minimum Gasteiger partial charge on any atom is -0.478 e. The van der Waals surface area contributed by atoms with Crippen molar-refractivity contribution in [3.63, 3.8) is 0 Å². The van der Waals surface area contributed by atoms with Gasteiger partial charge in [0.1, 0.15) is 0 Å². The molecule has 0 radical (unpaired) electrons. The third kappa shape index (κ3) is 7.87. The van der Waals surface area contributed by atoms with E-state index in [0.717, 1.165) is 25.2 Å². The predicted octanol–water partition coefficient (Wildman–Crippen LogP) is 1.79. The van der Waals surface area contributed by atoms with Crippen molar-refractivity contribution in [3.8, 4) is 5.88 Å². The third-order valence-corrected chi connectivity index (χ3v) is 3.60. The lowest BCUT2D eigenvalue weighted by Crippen LogP contribution is -2.40. The van der Waals surface area contributed by atoms with Gasteiger partial charge in [-0.2, -0.15) is 0 Å². The van der Waals surface area contributed by atoms with Gasteiger partial charge in [-0.3, -0.25) is 4.79 Å².